The van der Waals surface area contributed by atoms with Gasteiger partial charge in [-0.05, 0) is 29.7 Å². The third kappa shape index (κ3) is 3.74. The molecule has 2 rings (SSSR count). The molecule has 0 saturated heterocycles. The fourth-order valence-electron chi connectivity index (χ4n) is 1.73. The number of hydrogen-bond donors (Lipinski definition) is 0. The number of ether oxygens (including phenoxy) is 1. The van der Waals surface area contributed by atoms with E-state index in [1.54, 1.807) is 0 Å². The van der Waals surface area contributed by atoms with Gasteiger partial charge in [-0.1, -0.05) is 42.5 Å². The van der Waals surface area contributed by atoms with Gasteiger partial charge >= 0.3 is 0 Å². The Balaban J connectivity index is 1.95. The van der Waals surface area contributed by atoms with Crippen molar-refractivity contribution in [1.29, 1.82) is 0 Å². The zero-order valence-electron chi connectivity index (χ0n) is 10.1. The van der Waals surface area contributed by atoms with Gasteiger partial charge in [-0.15, -0.1) is 0 Å². The molecular weight excluding hydrogens is 224 g/mol. The highest BCUT2D eigenvalue weighted by atomic mass is 16.5. The van der Waals surface area contributed by atoms with Crippen molar-refractivity contribution in [2.45, 2.75) is 19.4 Å². The molecular formula is C16H15O2. The molecule has 0 aliphatic rings. The summed E-state index contributed by atoms with van der Waals surface area (Å²) in [6, 6.07) is 17.9. The predicted octanol–water partition coefficient (Wildman–Crippen LogP) is 3.31. The number of benzene rings is 2. The molecule has 2 aromatic rings. The Bertz CT molecular complexity index is 491. The summed E-state index contributed by atoms with van der Waals surface area (Å²) >= 11 is 0. The second kappa shape index (κ2) is 6.60. The van der Waals surface area contributed by atoms with Crippen molar-refractivity contribution < 1.29 is 9.53 Å². The second-order valence-corrected chi connectivity index (χ2v) is 4.07. The van der Waals surface area contributed by atoms with Gasteiger partial charge in [-0.25, -0.2) is 0 Å². The maximum atomic E-state index is 10.2. The first-order chi connectivity index (χ1) is 8.88. The second-order valence-electron chi connectivity index (χ2n) is 4.07. The molecule has 0 bridgehead atoms. The van der Waals surface area contributed by atoms with Gasteiger partial charge in [0.25, 0.3) is 0 Å². The van der Waals surface area contributed by atoms with Crippen molar-refractivity contribution in [3.05, 3.63) is 65.7 Å². The van der Waals surface area contributed by atoms with Crippen LogP contribution in [0.3, 0.4) is 0 Å². The first kappa shape index (κ1) is 12.4. The number of hydrogen-bond acceptors (Lipinski definition) is 2. The molecule has 0 unspecified atom stereocenters. The van der Waals surface area contributed by atoms with Gasteiger partial charge in [0.05, 0.1) is 0 Å². The minimum atomic E-state index is 0.433. The average molecular weight is 239 g/mol. The third-order valence-electron chi connectivity index (χ3n) is 2.66. The fraction of sp³-hybridized carbons (Fsp3) is 0.188. The van der Waals surface area contributed by atoms with E-state index < -0.39 is 0 Å². The molecule has 0 aliphatic carbocycles. The molecule has 0 aliphatic heterocycles. The molecule has 0 amide bonds. The quantitative estimate of drug-likeness (QED) is 0.773. The number of aryl methyl sites for hydroxylation is 1. The first-order valence-corrected chi connectivity index (χ1v) is 5.99. The summed E-state index contributed by atoms with van der Waals surface area (Å²) < 4.78 is 5.71. The van der Waals surface area contributed by atoms with Gasteiger partial charge in [0.2, 0.25) is 0 Å². The topological polar surface area (TPSA) is 26.3 Å². The Morgan fingerprint density at radius 1 is 0.944 bits per heavy atom. The molecule has 2 nitrogen and oxygen atoms in total. The van der Waals surface area contributed by atoms with E-state index in [0.29, 0.717) is 19.4 Å². The minimum Gasteiger partial charge on any atom is -0.489 e. The molecule has 2 aromatic carbocycles. The Labute approximate surface area is 107 Å². The van der Waals surface area contributed by atoms with Gasteiger partial charge in [0.1, 0.15) is 12.4 Å². The van der Waals surface area contributed by atoms with Crippen LogP contribution in [0.4, 0.5) is 0 Å². The van der Waals surface area contributed by atoms with E-state index >= 15 is 0 Å². The molecule has 0 saturated carbocycles. The monoisotopic (exact) mass is 239 g/mol. The molecule has 2 heteroatoms. The third-order valence-corrected chi connectivity index (χ3v) is 2.66. The minimum absolute atomic E-state index is 0.433. The van der Waals surface area contributed by atoms with Crippen LogP contribution in [0.1, 0.15) is 17.5 Å². The van der Waals surface area contributed by atoms with Crippen LogP contribution in [-0.2, 0) is 17.8 Å². The SMILES string of the molecule is O=[C]CCc1cccc(OCc2ccccc2)c1. The van der Waals surface area contributed by atoms with Crippen LogP contribution < -0.4 is 4.74 Å². The lowest BCUT2D eigenvalue weighted by atomic mass is 10.1. The van der Waals surface area contributed by atoms with E-state index in [2.05, 4.69) is 0 Å². The molecule has 0 N–H and O–H groups in total. The molecule has 0 spiro atoms. The van der Waals surface area contributed by atoms with Crippen LogP contribution in [-0.4, -0.2) is 6.29 Å². The maximum absolute atomic E-state index is 10.2. The van der Waals surface area contributed by atoms with Crippen molar-refractivity contribution in [1.82, 2.24) is 0 Å². The zero-order chi connectivity index (χ0) is 12.6. The molecule has 0 fully saturated rings. The molecule has 18 heavy (non-hydrogen) atoms. The molecule has 0 atom stereocenters. The van der Waals surface area contributed by atoms with Crippen LogP contribution in [0, 0.1) is 0 Å². The van der Waals surface area contributed by atoms with Gasteiger partial charge in [0, 0.05) is 6.42 Å². The summed E-state index contributed by atoms with van der Waals surface area (Å²) in [6.07, 6.45) is 3.05. The highest BCUT2D eigenvalue weighted by Gasteiger charge is 1.98. The summed E-state index contributed by atoms with van der Waals surface area (Å²) in [4.78, 5) is 10.2. The fourth-order valence-corrected chi connectivity index (χ4v) is 1.73. The van der Waals surface area contributed by atoms with Crippen molar-refractivity contribution in [3.8, 4) is 5.75 Å². The van der Waals surface area contributed by atoms with Gasteiger partial charge in [-0.2, -0.15) is 0 Å². The van der Waals surface area contributed by atoms with Crippen molar-refractivity contribution in [2.24, 2.45) is 0 Å². The smallest absolute Gasteiger partial charge is 0.198 e. The van der Waals surface area contributed by atoms with E-state index in [1.807, 2.05) is 60.9 Å². The van der Waals surface area contributed by atoms with Crippen LogP contribution in [0.5, 0.6) is 5.75 Å². The summed E-state index contributed by atoms with van der Waals surface area (Å²) in [5, 5.41) is 0. The van der Waals surface area contributed by atoms with E-state index in [1.165, 1.54) is 0 Å². The largest absolute Gasteiger partial charge is 0.489 e. The van der Waals surface area contributed by atoms with Gasteiger partial charge in [-0.3, -0.25) is 4.79 Å². The standard InChI is InChI=1S/C16H15O2/c17-11-5-9-14-8-4-10-16(12-14)18-13-15-6-2-1-3-7-15/h1-4,6-8,10,12H,5,9,13H2. The van der Waals surface area contributed by atoms with Crippen molar-refractivity contribution >= 4 is 6.29 Å². The lowest BCUT2D eigenvalue weighted by Crippen LogP contribution is -1.95. The highest BCUT2D eigenvalue weighted by molar-refractivity contribution is 5.51. The molecule has 0 heterocycles. The number of carbonyl (C=O) groups excluding carboxylic acids is 1. The maximum Gasteiger partial charge on any atom is 0.198 e. The average Bonchev–Trinajstić information content (AvgIpc) is 2.44. The zero-order valence-corrected chi connectivity index (χ0v) is 10.1. The Hall–Kier alpha value is -2.09. The van der Waals surface area contributed by atoms with Crippen LogP contribution in [0.2, 0.25) is 0 Å². The summed E-state index contributed by atoms with van der Waals surface area (Å²) in [6.45, 7) is 0.560. The van der Waals surface area contributed by atoms with Crippen LogP contribution in [0.25, 0.3) is 0 Å². The normalized spacial score (nSPS) is 10.0. The van der Waals surface area contributed by atoms with Crippen molar-refractivity contribution in [2.75, 3.05) is 0 Å². The first-order valence-electron chi connectivity index (χ1n) is 5.99. The van der Waals surface area contributed by atoms with Crippen LogP contribution >= 0.6 is 0 Å². The Morgan fingerprint density at radius 3 is 2.50 bits per heavy atom. The summed E-state index contributed by atoms with van der Waals surface area (Å²) in [5.74, 6) is 0.835. The van der Waals surface area contributed by atoms with E-state index in [0.717, 1.165) is 16.9 Å². The predicted molar refractivity (Wildman–Crippen MR) is 71.2 cm³/mol. The van der Waals surface area contributed by atoms with Crippen molar-refractivity contribution in [3.63, 3.8) is 0 Å². The van der Waals surface area contributed by atoms with E-state index in [4.69, 9.17) is 4.74 Å². The molecule has 0 aromatic heterocycles. The summed E-state index contributed by atoms with van der Waals surface area (Å²) in [7, 11) is 0. The Kier molecular flexibility index (Phi) is 4.53. The lowest BCUT2D eigenvalue weighted by molar-refractivity contribution is 0.306. The lowest BCUT2D eigenvalue weighted by Gasteiger charge is -2.07. The van der Waals surface area contributed by atoms with Gasteiger partial charge in [0.15, 0.2) is 6.29 Å². The van der Waals surface area contributed by atoms with Gasteiger partial charge < -0.3 is 4.74 Å². The molecule has 1 radical (unpaired) electrons. The van der Waals surface area contributed by atoms with Crippen LogP contribution in [0.15, 0.2) is 54.6 Å². The van der Waals surface area contributed by atoms with E-state index in [9.17, 15) is 4.79 Å². The summed E-state index contributed by atoms with van der Waals surface area (Å²) in [5.41, 5.74) is 2.24. The Morgan fingerprint density at radius 2 is 1.72 bits per heavy atom. The highest BCUT2D eigenvalue weighted by Crippen LogP contribution is 2.16. The molecule has 91 valence electrons. The number of rotatable bonds is 6. The van der Waals surface area contributed by atoms with E-state index in [-0.39, 0.29) is 0 Å².